The molecule has 1 aromatic heterocycles. The lowest BCUT2D eigenvalue weighted by Crippen LogP contribution is -2.10. The summed E-state index contributed by atoms with van der Waals surface area (Å²) in [7, 11) is 0. The van der Waals surface area contributed by atoms with E-state index in [-0.39, 0.29) is 11.7 Å². The molecule has 0 amide bonds. The molecule has 4 nitrogen and oxygen atoms in total. The number of rotatable bonds is 5. The predicted molar refractivity (Wildman–Crippen MR) is 79.9 cm³/mol. The Morgan fingerprint density at radius 2 is 1.68 bits per heavy atom. The van der Waals surface area contributed by atoms with Gasteiger partial charge in [0.1, 0.15) is 11.7 Å². The van der Waals surface area contributed by atoms with E-state index in [9.17, 15) is 0 Å². The first-order valence-corrected chi connectivity index (χ1v) is 6.58. The molecular weight excluding hydrogens is 256 g/mol. The van der Waals surface area contributed by atoms with Gasteiger partial charge in [0.25, 0.3) is 0 Å². The summed E-state index contributed by atoms with van der Waals surface area (Å²) < 4.78 is 0. The van der Waals surface area contributed by atoms with Crippen LogP contribution >= 0.6 is 11.3 Å². The Bertz CT molecular complexity index is 598. The second kappa shape index (κ2) is 5.67. The number of thiophene rings is 1. The van der Waals surface area contributed by atoms with Crippen LogP contribution in [-0.2, 0) is 6.42 Å². The van der Waals surface area contributed by atoms with Crippen molar-refractivity contribution in [2.24, 2.45) is 11.5 Å². The standard InChI is InChI=1S/C14H15N4S/c15-13(16)10-4-1-9(2-5-10)3-6-11-7-8-12(19-11)14(17)18/h1-5,7-8H,6H2,(H3,15,16)(H3,17,18). The summed E-state index contributed by atoms with van der Waals surface area (Å²) in [6.07, 6.45) is 2.90. The van der Waals surface area contributed by atoms with Gasteiger partial charge in [-0.25, -0.2) is 0 Å². The molecule has 0 aliphatic carbocycles. The third-order valence-corrected chi connectivity index (χ3v) is 3.83. The van der Waals surface area contributed by atoms with E-state index in [0.717, 1.165) is 22.4 Å². The molecule has 2 aromatic rings. The lowest BCUT2D eigenvalue weighted by molar-refractivity contribution is 1.21. The minimum absolute atomic E-state index is 0.0795. The van der Waals surface area contributed by atoms with Crippen molar-refractivity contribution >= 4 is 23.0 Å². The Hall–Kier alpha value is -2.14. The fourth-order valence-electron chi connectivity index (χ4n) is 1.65. The van der Waals surface area contributed by atoms with Crippen molar-refractivity contribution in [1.29, 1.82) is 10.8 Å². The van der Waals surface area contributed by atoms with E-state index < -0.39 is 0 Å². The largest absolute Gasteiger partial charge is 0.384 e. The number of nitrogens with two attached hydrogens (primary N) is 2. The highest BCUT2D eigenvalue weighted by molar-refractivity contribution is 7.14. The van der Waals surface area contributed by atoms with E-state index in [2.05, 4.69) is 6.42 Å². The molecular formula is C14H15N4S. The molecule has 97 valence electrons. The highest BCUT2D eigenvalue weighted by Gasteiger charge is 2.03. The van der Waals surface area contributed by atoms with Gasteiger partial charge in [-0.1, -0.05) is 24.3 Å². The third kappa shape index (κ3) is 3.42. The molecule has 5 heteroatoms. The van der Waals surface area contributed by atoms with Crippen LogP contribution in [0, 0.1) is 17.2 Å². The van der Waals surface area contributed by atoms with Gasteiger partial charge >= 0.3 is 0 Å². The first kappa shape index (κ1) is 13.3. The molecule has 0 spiro atoms. The number of nitrogen functional groups attached to an aromatic ring is 2. The molecule has 0 aliphatic rings. The predicted octanol–water partition coefficient (Wildman–Crippen LogP) is 2.11. The molecule has 0 fully saturated rings. The average molecular weight is 271 g/mol. The van der Waals surface area contributed by atoms with Crippen LogP contribution in [0.25, 0.3) is 0 Å². The van der Waals surface area contributed by atoms with Gasteiger partial charge in [0, 0.05) is 10.4 Å². The van der Waals surface area contributed by atoms with Crippen molar-refractivity contribution in [3.8, 4) is 0 Å². The summed E-state index contributed by atoms with van der Waals surface area (Å²) in [6.45, 7) is 0. The Morgan fingerprint density at radius 3 is 2.21 bits per heavy atom. The molecule has 0 aliphatic heterocycles. The SMILES string of the molecule is N=C(N)c1ccc([CH]Cc2ccc(C(=N)N)s2)cc1. The Morgan fingerprint density at radius 1 is 1.00 bits per heavy atom. The van der Waals surface area contributed by atoms with Crippen molar-refractivity contribution in [3.05, 3.63) is 63.7 Å². The third-order valence-electron chi connectivity index (χ3n) is 2.69. The highest BCUT2D eigenvalue weighted by atomic mass is 32.1. The maximum Gasteiger partial charge on any atom is 0.133 e. The maximum atomic E-state index is 7.35. The van der Waals surface area contributed by atoms with Crippen molar-refractivity contribution in [2.45, 2.75) is 6.42 Å². The number of hydrogen-bond donors (Lipinski definition) is 4. The molecule has 1 heterocycles. The lowest BCUT2D eigenvalue weighted by atomic mass is 10.1. The van der Waals surface area contributed by atoms with Crippen LogP contribution in [0.15, 0.2) is 36.4 Å². The molecule has 0 saturated carbocycles. The summed E-state index contributed by atoms with van der Waals surface area (Å²) in [5, 5.41) is 14.7. The van der Waals surface area contributed by atoms with Gasteiger partial charge in [-0.3, -0.25) is 10.8 Å². The Kier molecular flexibility index (Phi) is 3.97. The number of nitrogens with one attached hydrogen (secondary N) is 2. The van der Waals surface area contributed by atoms with E-state index in [1.165, 1.54) is 16.2 Å². The van der Waals surface area contributed by atoms with Crippen LogP contribution in [0.3, 0.4) is 0 Å². The number of amidine groups is 2. The van der Waals surface area contributed by atoms with Crippen LogP contribution in [0.5, 0.6) is 0 Å². The zero-order chi connectivity index (χ0) is 13.8. The molecule has 1 aromatic carbocycles. The van der Waals surface area contributed by atoms with E-state index in [1.54, 1.807) is 0 Å². The zero-order valence-electron chi connectivity index (χ0n) is 10.3. The van der Waals surface area contributed by atoms with E-state index in [4.69, 9.17) is 22.3 Å². The monoisotopic (exact) mass is 271 g/mol. The van der Waals surface area contributed by atoms with Gasteiger partial charge < -0.3 is 11.5 Å². The zero-order valence-corrected chi connectivity index (χ0v) is 11.1. The minimum atomic E-state index is 0.0795. The van der Waals surface area contributed by atoms with E-state index >= 15 is 0 Å². The van der Waals surface area contributed by atoms with Gasteiger partial charge in [-0.2, -0.15) is 0 Å². The van der Waals surface area contributed by atoms with E-state index in [0.29, 0.717) is 0 Å². The first-order chi connectivity index (χ1) is 9.06. The van der Waals surface area contributed by atoms with Crippen molar-refractivity contribution in [1.82, 2.24) is 0 Å². The summed E-state index contributed by atoms with van der Waals surface area (Å²) in [6, 6.07) is 11.4. The Labute approximate surface area is 116 Å². The fraction of sp³-hybridized carbons (Fsp3) is 0.0714. The van der Waals surface area contributed by atoms with Gasteiger partial charge in [0.05, 0.1) is 4.88 Å². The average Bonchev–Trinajstić information content (AvgIpc) is 2.86. The van der Waals surface area contributed by atoms with Gasteiger partial charge in [0.15, 0.2) is 0 Å². The van der Waals surface area contributed by atoms with Crippen LogP contribution in [0.4, 0.5) is 0 Å². The van der Waals surface area contributed by atoms with Crippen molar-refractivity contribution in [2.75, 3.05) is 0 Å². The summed E-state index contributed by atoms with van der Waals surface area (Å²) in [5.74, 6) is 0.193. The van der Waals surface area contributed by atoms with E-state index in [1.807, 2.05) is 36.4 Å². The van der Waals surface area contributed by atoms with Crippen LogP contribution in [0.1, 0.15) is 20.9 Å². The first-order valence-electron chi connectivity index (χ1n) is 5.77. The number of hydrogen-bond acceptors (Lipinski definition) is 3. The molecule has 6 N–H and O–H groups in total. The van der Waals surface area contributed by atoms with Crippen molar-refractivity contribution in [3.63, 3.8) is 0 Å². The van der Waals surface area contributed by atoms with Crippen LogP contribution in [-0.4, -0.2) is 11.7 Å². The maximum absolute atomic E-state index is 7.35. The summed E-state index contributed by atoms with van der Waals surface area (Å²) in [5.41, 5.74) is 12.6. The van der Waals surface area contributed by atoms with Crippen LogP contribution in [0.2, 0.25) is 0 Å². The van der Waals surface area contributed by atoms with Gasteiger partial charge in [-0.05, 0) is 30.5 Å². The topological polar surface area (TPSA) is 99.7 Å². The molecule has 1 radical (unpaired) electrons. The Balaban J connectivity index is 1.97. The fourth-order valence-corrected chi connectivity index (χ4v) is 2.48. The molecule has 0 bridgehead atoms. The molecule has 19 heavy (non-hydrogen) atoms. The molecule has 0 atom stereocenters. The number of benzene rings is 1. The quantitative estimate of drug-likeness (QED) is 0.494. The second-order valence-electron chi connectivity index (χ2n) is 4.12. The smallest absolute Gasteiger partial charge is 0.133 e. The normalized spacial score (nSPS) is 10.3. The van der Waals surface area contributed by atoms with Crippen LogP contribution < -0.4 is 11.5 Å². The molecule has 2 rings (SSSR count). The highest BCUT2D eigenvalue weighted by Crippen LogP contribution is 2.19. The summed E-state index contributed by atoms with van der Waals surface area (Å²) >= 11 is 1.53. The van der Waals surface area contributed by atoms with Gasteiger partial charge in [-0.15, -0.1) is 11.3 Å². The molecule has 0 unspecified atom stereocenters. The minimum Gasteiger partial charge on any atom is -0.384 e. The summed E-state index contributed by atoms with van der Waals surface area (Å²) in [4.78, 5) is 1.97. The van der Waals surface area contributed by atoms with Crippen molar-refractivity contribution < 1.29 is 0 Å². The molecule has 0 saturated heterocycles. The van der Waals surface area contributed by atoms with Gasteiger partial charge in [0.2, 0.25) is 0 Å². The second-order valence-corrected chi connectivity index (χ2v) is 5.29. The lowest BCUT2D eigenvalue weighted by Gasteiger charge is -2.02.